The van der Waals surface area contributed by atoms with Gasteiger partial charge in [-0.15, -0.1) is 0 Å². The summed E-state index contributed by atoms with van der Waals surface area (Å²) in [4.78, 5) is 26.4. The summed E-state index contributed by atoms with van der Waals surface area (Å²) in [5, 5.41) is -0.140. The Morgan fingerprint density at radius 3 is 2.45 bits per heavy atom. The minimum atomic E-state index is -0.406. The van der Waals surface area contributed by atoms with Crippen LogP contribution >= 0.6 is 11.8 Å². The molecule has 1 aliphatic heterocycles. The number of nitrogens with zero attached hydrogens (tertiary/aromatic N) is 1. The van der Waals surface area contributed by atoms with Gasteiger partial charge in [-0.05, 0) is 11.5 Å². The number of methoxy groups -OCH3 is 1. The van der Waals surface area contributed by atoms with Crippen LogP contribution in [0.15, 0.2) is 30.3 Å². The summed E-state index contributed by atoms with van der Waals surface area (Å²) in [6.45, 7) is 5.91. The Labute approximate surface area is 136 Å². The minimum Gasteiger partial charge on any atom is -0.376 e. The average Bonchev–Trinajstić information content (AvgIpc) is 2.90. The summed E-state index contributed by atoms with van der Waals surface area (Å²) < 4.78 is 5.54. The van der Waals surface area contributed by atoms with Crippen molar-refractivity contribution >= 4 is 22.9 Å². The summed E-state index contributed by atoms with van der Waals surface area (Å²) in [6.07, 6.45) is -0.347. The number of benzene rings is 1. The van der Waals surface area contributed by atoms with Crippen LogP contribution in [0.2, 0.25) is 0 Å². The van der Waals surface area contributed by atoms with Gasteiger partial charge in [-0.1, -0.05) is 62.9 Å². The third-order valence-corrected chi connectivity index (χ3v) is 5.09. The van der Waals surface area contributed by atoms with Gasteiger partial charge in [0.05, 0.1) is 18.1 Å². The van der Waals surface area contributed by atoms with E-state index >= 15 is 0 Å². The van der Waals surface area contributed by atoms with E-state index in [0.29, 0.717) is 5.75 Å². The lowest BCUT2D eigenvalue weighted by Crippen LogP contribution is -2.45. The van der Waals surface area contributed by atoms with Crippen LogP contribution in [-0.4, -0.2) is 35.0 Å². The summed E-state index contributed by atoms with van der Waals surface area (Å²) >= 11 is 1.23. The summed E-state index contributed by atoms with van der Waals surface area (Å²) in [5.41, 5.74) is 0.950. The molecule has 0 unspecified atom stereocenters. The summed E-state index contributed by atoms with van der Waals surface area (Å²) in [6, 6.07) is 9.63. The molecule has 1 aromatic carbocycles. The van der Waals surface area contributed by atoms with Crippen molar-refractivity contribution in [3.05, 3.63) is 35.9 Å². The van der Waals surface area contributed by atoms with Gasteiger partial charge in [0.15, 0.2) is 0 Å². The number of imide groups is 1. The third-order valence-electron chi connectivity index (χ3n) is 4.14. The van der Waals surface area contributed by atoms with Gasteiger partial charge in [-0.25, -0.2) is 0 Å². The van der Waals surface area contributed by atoms with Gasteiger partial charge in [-0.3, -0.25) is 14.5 Å². The number of carbonyl (C=O) groups excluding carboxylic acids is 2. The quantitative estimate of drug-likeness (QED) is 0.829. The first kappa shape index (κ1) is 17.0. The van der Waals surface area contributed by atoms with E-state index in [0.717, 1.165) is 5.56 Å². The van der Waals surface area contributed by atoms with Gasteiger partial charge in [0.25, 0.3) is 5.24 Å². The second kappa shape index (κ2) is 7.29. The Balaban J connectivity index is 2.21. The zero-order valence-electron chi connectivity index (χ0n) is 13.5. The van der Waals surface area contributed by atoms with E-state index in [2.05, 4.69) is 0 Å². The minimum absolute atomic E-state index is 0.0271. The first-order chi connectivity index (χ1) is 10.5. The predicted molar refractivity (Wildman–Crippen MR) is 88.7 cm³/mol. The molecule has 0 N–H and O–H groups in total. The second-order valence-electron chi connectivity index (χ2n) is 5.95. The highest BCUT2D eigenvalue weighted by Crippen LogP contribution is 2.33. The Morgan fingerprint density at radius 1 is 1.27 bits per heavy atom. The molecule has 2 amide bonds. The van der Waals surface area contributed by atoms with E-state index in [1.165, 1.54) is 16.7 Å². The lowest BCUT2D eigenvalue weighted by molar-refractivity contribution is -0.138. The molecule has 2 rings (SSSR count). The number of amides is 2. The standard InChI is InChI=1S/C17H23NO3S/c1-11(2)14-10-22-17(20)18(14)16(19)12(3)15(21-4)13-8-6-5-7-9-13/h5-9,11-12,14-15H,10H2,1-4H3/t12-,14-,15+/m1/s1. The van der Waals surface area contributed by atoms with E-state index in [1.807, 2.05) is 51.1 Å². The SMILES string of the molecule is CO[C@H](c1ccccc1)[C@@H](C)C(=O)N1C(=O)SC[C@@H]1C(C)C. The molecule has 120 valence electrons. The summed E-state index contributed by atoms with van der Waals surface area (Å²) in [5.74, 6) is 0.381. The van der Waals surface area contributed by atoms with Crippen molar-refractivity contribution < 1.29 is 14.3 Å². The summed E-state index contributed by atoms with van der Waals surface area (Å²) in [7, 11) is 1.60. The lowest BCUT2D eigenvalue weighted by atomic mass is 9.94. The van der Waals surface area contributed by atoms with E-state index in [9.17, 15) is 9.59 Å². The Hall–Kier alpha value is -1.33. The van der Waals surface area contributed by atoms with E-state index in [-0.39, 0.29) is 29.2 Å². The lowest BCUT2D eigenvalue weighted by Gasteiger charge is -2.30. The Bertz CT molecular complexity index is 532. The molecule has 5 heteroatoms. The monoisotopic (exact) mass is 321 g/mol. The van der Waals surface area contributed by atoms with Crippen LogP contribution in [-0.2, 0) is 9.53 Å². The van der Waals surface area contributed by atoms with Gasteiger partial charge < -0.3 is 4.74 Å². The second-order valence-corrected chi connectivity index (χ2v) is 6.92. The van der Waals surface area contributed by atoms with Crippen LogP contribution in [0.25, 0.3) is 0 Å². The van der Waals surface area contributed by atoms with Crippen LogP contribution in [0.1, 0.15) is 32.4 Å². The first-order valence-electron chi connectivity index (χ1n) is 7.55. The highest BCUT2D eigenvalue weighted by molar-refractivity contribution is 8.14. The zero-order valence-corrected chi connectivity index (χ0v) is 14.3. The molecule has 1 fully saturated rings. The first-order valence-corrected chi connectivity index (χ1v) is 8.53. The predicted octanol–water partition coefficient (Wildman–Crippen LogP) is 3.73. The van der Waals surface area contributed by atoms with Crippen molar-refractivity contribution in [1.29, 1.82) is 0 Å². The van der Waals surface area contributed by atoms with Crippen LogP contribution in [0.4, 0.5) is 4.79 Å². The van der Waals surface area contributed by atoms with Gasteiger partial charge in [0.1, 0.15) is 0 Å². The maximum atomic E-state index is 12.9. The smallest absolute Gasteiger partial charge is 0.288 e. The van der Waals surface area contributed by atoms with Crippen LogP contribution in [0.5, 0.6) is 0 Å². The maximum Gasteiger partial charge on any atom is 0.288 e. The van der Waals surface area contributed by atoms with Crippen molar-refractivity contribution in [3.8, 4) is 0 Å². The van der Waals surface area contributed by atoms with Crippen LogP contribution < -0.4 is 0 Å². The van der Waals surface area contributed by atoms with Gasteiger partial charge in [-0.2, -0.15) is 0 Å². The molecular formula is C17H23NO3S. The van der Waals surface area contributed by atoms with Crippen molar-refractivity contribution in [2.75, 3.05) is 12.9 Å². The van der Waals surface area contributed by atoms with Gasteiger partial charge in [0, 0.05) is 12.9 Å². The van der Waals surface area contributed by atoms with Crippen molar-refractivity contribution in [3.63, 3.8) is 0 Å². The number of hydrogen-bond acceptors (Lipinski definition) is 4. The fourth-order valence-corrected chi connectivity index (χ4v) is 4.01. The average molecular weight is 321 g/mol. The number of ether oxygens (including phenoxy) is 1. The molecule has 0 saturated carbocycles. The zero-order chi connectivity index (χ0) is 16.3. The molecule has 0 radical (unpaired) electrons. The Morgan fingerprint density at radius 2 is 1.91 bits per heavy atom. The van der Waals surface area contributed by atoms with E-state index < -0.39 is 5.92 Å². The number of hydrogen-bond donors (Lipinski definition) is 0. The van der Waals surface area contributed by atoms with E-state index in [1.54, 1.807) is 7.11 Å². The Kier molecular flexibility index (Phi) is 5.64. The van der Waals surface area contributed by atoms with Gasteiger partial charge >= 0.3 is 0 Å². The fraction of sp³-hybridized carbons (Fsp3) is 0.529. The van der Waals surface area contributed by atoms with Crippen LogP contribution in [0.3, 0.4) is 0 Å². The molecule has 3 atom stereocenters. The molecule has 22 heavy (non-hydrogen) atoms. The number of carbonyl (C=O) groups is 2. The maximum absolute atomic E-state index is 12.9. The molecule has 1 saturated heterocycles. The van der Waals surface area contributed by atoms with Crippen molar-refractivity contribution in [2.24, 2.45) is 11.8 Å². The molecule has 0 spiro atoms. The molecular weight excluding hydrogens is 298 g/mol. The number of rotatable bonds is 5. The molecule has 1 aliphatic rings. The highest BCUT2D eigenvalue weighted by atomic mass is 32.2. The van der Waals surface area contributed by atoms with Gasteiger partial charge in [0.2, 0.25) is 5.91 Å². The third kappa shape index (κ3) is 3.36. The van der Waals surface area contributed by atoms with E-state index in [4.69, 9.17) is 4.74 Å². The molecule has 0 bridgehead atoms. The molecule has 1 aromatic rings. The van der Waals surface area contributed by atoms with Crippen molar-refractivity contribution in [2.45, 2.75) is 32.9 Å². The topological polar surface area (TPSA) is 46.6 Å². The number of thioether (sulfide) groups is 1. The molecule has 0 aromatic heterocycles. The normalized spacial score (nSPS) is 21.2. The van der Waals surface area contributed by atoms with Crippen molar-refractivity contribution in [1.82, 2.24) is 4.90 Å². The van der Waals surface area contributed by atoms with Crippen LogP contribution in [0, 0.1) is 11.8 Å². The fourth-order valence-electron chi connectivity index (χ4n) is 2.80. The molecule has 1 heterocycles. The molecule has 4 nitrogen and oxygen atoms in total. The largest absolute Gasteiger partial charge is 0.376 e. The molecule has 0 aliphatic carbocycles. The highest BCUT2D eigenvalue weighted by Gasteiger charge is 2.41.